The molecule has 1 aliphatic heterocycles. The van der Waals surface area contributed by atoms with E-state index in [9.17, 15) is 4.79 Å². The Hall–Kier alpha value is -0.0900. The predicted molar refractivity (Wildman–Crippen MR) is 68.8 cm³/mol. The van der Waals surface area contributed by atoms with E-state index in [0.29, 0.717) is 0 Å². The number of carbonyl (C=O) groups is 1. The van der Waals surface area contributed by atoms with Crippen molar-refractivity contribution < 1.29 is 9.53 Å². The zero-order valence-electron chi connectivity index (χ0n) is 10.4. The van der Waals surface area contributed by atoms with E-state index in [4.69, 9.17) is 4.74 Å². The molecule has 0 aliphatic carbocycles. The number of rotatable bonds is 5. The summed E-state index contributed by atoms with van der Waals surface area (Å²) < 4.78 is 5.57. The average molecular weight is 292 g/mol. The van der Waals surface area contributed by atoms with Crippen LogP contribution in [0.3, 0.4) is 0 Å². The van der Waals surface area contributed by atoms with Gasteiger partial charge in [0.15, 0.2) is 0 Å². The van der Waals surface area contributed by atoms with Crippen molar-refractivity contribution in [1.29, 1.82) is 0 Å². The lowest BCUT2D eigenvalue weighted by Gasteiger charge is -2.30. The molecule has 16 heavy (non-hydrogen) atoms. The first-order valence-electron chi connectivity index (χ1n) is 6.04. The van der Waals surface area contributed by atoms with Gasteiger partial charge in [-0.05, 0) is 39.5 Å². The molecule has 0 radical (unpaired) electrons. The van der Waals surface area contributed by atoms with E-state index in [1.54, 1.807) is 0 Å². The van der Waals surface area contributed by atoms with Crippen LogP contribution in [0.2, 0.25) is 0 Å². The molecule has 1 amide bonds. The van der Waals surface area contributed by atoms with E-state index >= 15 is 0 Å². The molecule has 0 spiro atoms. The second-order valence-corrected chi connectivity index (χ2v) is 5.65. The third-order valence-electron chi connectivity index (χ3n) is 3.38. The Morgan fingerprint density at radius 2 is 2.25 bits per heavy atom. The normalized spacial score (nSPS) is 28.8. The average Bonchev–Trinajstić information content (AvgIpc) is 2.65. The van der Waals surface area contributed by atoms with Crippen LogP contribution in [-0.4, -0.2) is 29.0 Å². The lowest BCUT2D eigenvalue weighted by Crippen LogP contribution is -2.49. The first kappa shape index (κ1) is 14.0. The number of nitrogens with one attached hydrogen (secondary N) is 1. The molecular formula is C12H22BrNO2. The van der Waals surface area contributed by atoms with Crippen LogP contribution in [0.4, 0.5) is 0 Å². The largest absolute Gasteiger partial charge is 0.365 e. The van der Waals surface area contributed by atoms with Crippen LogP contribution in [0.5, 0.6) is 0 Å². The Bertz CT molecular complexity index is 247. The molecule has 94 valence electrons. The fourth-order valence-corrected chi connectivity index (χ4v) is 2.78. The van der Waals surface area contributed by atoms with Gasteiger partial charge in [0.25, 0.3) is 0 Å². The van der Waals surface area contributed by atoms with Gasteiger partial charge in [0.1, 0.15) is 6.10 Å². The summed E-state index contributed by atoms with van der Waals surface area (Å²) >= 11 is 3.43. The minimum absolute atomic E-state index is 0.0506. The Morgan fingerprint density at radius 3 is 2.69 bits per heavy atom. The second-order valence-electron chi connectivity index (χ2n) is 4.86. The molecule has 3 atom stereocenters. The minimum atomic E-state index is -0.240. The van der Waals surface area contributed by atoms with Crippen LogP contribution in [0.1, 0.15) is 46.5 Å². The lowest BCUT2D eigenvalue weighted by atomic mass is 9.95. The molecule has 1 saturated heterocycles. The van der Waals surface area contributed by atoms with Crippen LogP contribution < -0.4 is 5.32 Å². The summed E-state index contributed by atoms with van der Waals surface area (Å²) in [5.74, 6) is 0.0506. The van der Waals surface area contributed by atoms with Crippen molar-refractivity contribution in [3.8, 4) is 0 Å². The summed E-state index contributed by atoms with van der Waals surface area (Å²) in [5.41, 5.74) is -0.115. The van der Waals surface area contributed by atoms with E-state index in [2.05, 4.69) is 35.1 Å². The maximum Gasteiger partial charge on any atom is 0.249 e. The van der Waals surface area contributed by atoms with Crippen molar-refractivity contribution in [2.75, 3.05) is 5.33 Å². The predicted octanol–water partition coefficient (Wildman–Crippen LogP) is 2.62. The maximum absolute atomic E-state index is 12.0. The van der Waals surface area contributed by atoms with Crippen molar-refractivity contribution in [2.45, 2.75) is 64.2 Å². The highest BCUT2D eigenvalue weighted by Crippen LogP contribution is 2.21. The number of halogens is 1. The van der Waals surface area contributed by atoms with Gasteiger partial charge in [-0.15, -0.1) is 0 Å². The maximum atomic E-state index is 12.0. The first-order chi connectivity index (χ1) is 7.50. The lowest BCUT2D eigenvalue weighted by molar-refractivity contribution is -0.133. The summed E-state index contributed by atoms with van der Waals surface area (Å²) in [4.78, 5) is 12.0. The highest BCUT2D eigenvalue weighted by molar-refractivity contribution is 9.09. The number of alkyl halides is 1. The van der Waals surface area contributed by atoms with Crippen LogP contribution in [-0.2, 0) is 9.53 Å². The molecule has 3 nitrogen and oxygen atoms in total. The van der Waals surface area contributed by atoms with Crippen LogP contribution >= 0.6 is 15.9 Å². The van der Waals surface area contributed by atoms with Gasteiger partial charge in [0.2, 0.25) is 5.91 Å². The van der Waals surface area contributed by atoms with E-state index < -0.39 is 0 Å². The summed E-state index contributed by atoms with van der Waals surface area (Å²) in [7, 11) is 0. The van der Waals surface area contributed by atoms with Crippen LogP contribution in [0.15, 0.2) is 0 Å². The Kier molecular flexibility index (Phi) is 5.25. The topological polar surface area (TPSA) is 38.3 Å². The standard InChI is InChI=1S/C12H22BrNO2/c1-4-12(3,7-8-13)14-11(15)10-6-5-9(2)16-10/h9-10H,4-8H2,1-3H3,(H,14,15). The minimum Gasteiger partial charge on any atom is -0.365 e. The van der Waals surface area contributed by atoms with Crippen molar-refractivity contribution in [2.24, 2.45) is 0 Å². The van der Waals surface area contributed by atoms with E-state index in [1.807, 2.05) is 6.92 Å². The number of hydrogen-bond acceptors (Lipinski definition) is 2. The Labute approximate surface area is 106 Å². The van der Waals surface area contributed by atoms with Gasteiger partial charge in [0, 0.05) is 10.9 Å². The molecule has 0 bridgehead atoms. The Balaban J connectivity index is 2.48. The highest BCUT2D eigenvalue weighted by atomic mass is 79.9. The van der Waals surface area contributed by atoms with Gasteiger partial charge in [-0.1, -0.05) is 22.9 Å². The van der Waals surface area contributed by atoms with Crippen molar-refractivity contribution in [3.63, 3.8) is 0 Å². The smallest absolute Gasteiger partial charge is 0.249 e. The zero-order chi connectivity index (χ0) is 12.2. The van der Waals surface area contributed by atoms with Crippen molar-refractivity contribution >= 4 is 21.8 Å². The molecule has 1 aliphatic rings. The van der Waals surface area contributed by atoms with E-state index in [1.165, 1.54) is 0 Å². The quantitative estimate of drug-likeness (QED) is 0.791. The van der Waals surface area contributed by atoms with E-state index in [-0.39, 0.29) is 23.7 Å². The zero-order valence-corrected chi connectivity index (χ0v) is 12.0. The van der Waals surface area contributed by atoms with Crippen LogP contribution in [0, 0.1) is 0 Å². The van der Waals surface area contributed by atoms with Crippen LogP contribution in [0.25, 0.3) is 0 Å². The molecule has 1 rings (SSSR count). The van der Waals surface area contributed by atoms with Crippen molar-refractivity contribution in [3.05, 3.63) is 0 Å². The third-order valence-corrected chi connectivity index (χ3v) is 3.77. The fraction of sp³-hybridized carbons (Fsp3) is 0.917. The van der Waals surface area contributed by atoms with Gasteiger partial charge in [-0.3, -0.25) is 4.79 Å². The molecule has 3 unspecified atom stereocenters. The number of carbonyl (C=O) groups excluding carboxylic acids is 1. The fourth-order valence-electron chi connectivity index (χ4n) is 1.91. The molecule has 1 fully saturated rings. The third kappa shape index (κ3) is 3.74. The summed E-state index contributed by atoms with van der Waals surface area (Å²) in [6.45, 7) is 6.20. The van der Waals surface area contributed by atoms with E-state index in [0.717, 1.165) is 31.0 Å². The number of ether oxygens (including phenoxy) is 1. The first-order valence-corrected chi connectivity index (χ1v) is 7.16. The monoisotopic (exact) mass is 291 g/mol. The Morgan fingerprint density at radius 1 is 1.56 bits per heavy atom. The molecule has 0 aromatic heterocycles. The molecule has 4 heteroatoms. The summed E-state index contributed by atoms with van der Waals surface area (Å²) in [6.07, 6.45) is 3.70. The molecule has 1 N–H and O–H groups in total. The summed E-state index contributed by atoms with van der Waals surface area (Å²) in [5, 5.41) is 4.01. The summed E-state index contributed by atoms with van der Waals surface area (Å²) in [6, 6.07) is 0. The van der Waals surface area contributed by atoms with Gasteiger partial charge in [-0.2, -0.15) is 0 Å². The number of amides is 1. The van der Waals surface area contributed by atoms with Crippen molar-refractivity contribution in [1.82, 2.24) is 5.32 Å². The highest BCUT2D eigenvalue weighted by Gasteiger charge is 2.32. The van der Waals surface area contributed by atoms with Gasteiger partial charge in [0.05, 0.1) is 6.10 Å². The molecule has 1 heterocycles. The second kappa shape index (κ2) is 6.01. The molecule has 0 saturated carbocycles. The molecule has 0 aromatic carbocycles. The molecular weight excluding hydrogens is 270 g/mol. The SMILES string of the molecule is CCC(C)(CCBr)NC(=O)C1CCC(C)O1. The molecule has 0 aromatic rings. The van der Waals surface area contributed by atoms with Gasteiger partial charge < -0.3 is 10.1 Å². The number of hydrogen-bond donors (Lipinski definition) is 1. The van der Waals surface area contributed by atoms with Gasteiger partial charge >= 0.3 is 0 Å². The van der Waals surface area contributed by atoms with Gasteiger partial charge in [-0.25, -0.2) is 0 Å².